The number of aliphatic carboxylic acids is 1. The van der Waals surface area contributed by atoms with Gasteiger partial charge in [0.2, 0.25) is 5.91 Å². The Morgan fingerprint density at radius 2 is 1.69 bits per heavy atom. The van der Waals surface area contributed by atoms with Gasteiger partial charge in [0.1, 0.15) is 12.6 Å². The molecule has 0 radical (unpaired) electrons. The number of aromatic amines is 1. The summed E-state index contributed by atoms with van der Waals surface area (Å²) in [4.78, 5) is 56.4. The number of rotatable bonds is 8. The normalized spacial score (nSPS) is 18.2. The number of aryl methyl sites for hydroxylation is 1. The van der Waals surface area contributed by atoms with Crippen LogP contribution in [0.1, 0.15) is 80.1 Å². The molecule has 1 atom stereocenters. The Hall–Kier alpha value is -3.16. The van der Waals surface area contributed by atoms with Crippen LogP contribution in [0.25, 0.3) is 10.9 Å². The van der Waals surface area contributed by atoms with Gasteiger partial charge in [-0.2, -0.15) is 0 Å². The van der Waals surface area contributed by atoms with E-state index in [4.69, 9.17) is 0 Å². The lowest BCUT2D eigenvalue weighted by molar-refractivity contribution is -0.148. The minimum absolute atomic E-state index is 0.0247. The van der Waals surface area contributed by atoms with Crippen LogP contribution in [0.2, 0.25) is 0 Å². The highest BCUT2D eigenvalue weighted by molar-refractivity contribution is 6.45. The van der Waals surface area contributed by atoms with E-state index in [-0.39, 0.29) is 23.4 Å². The van der Waals surface area contributed by atoms with Crippen LogP contribution in [0.3, 0.4) is 0 Å². The molecule has 2 fully saturated rings. The Bertz CT molecular complexity index is 1100. The maximum atomic E-state index is 13.6. The SMILES string of the molecule is Cc1ccc2c(C(=O)C(=O)N(CC(=O)O)C(C(=O)NC3CCCCC3)C3CCCCC3)c[nH]c2c1. The smallest absolute Gasteiger partial charge is 0.323 e. The van der Waals surface area contributed by atoms with Gasteiger partial charge in [-0.05, 0) is 50.2 Å². The van der Waals surface area contributed by atoms with Crippen LogP contribution in [0, 0.1) is 12.8 Å². The van der Waals surface area contributed by atoms with Gasteiger partial charge in [0, 0.05) is 23.1 Å². The molecule has 2 aliphatic rings. The Morgan fingerprint density at radius 1 is 1.03 bits per heavy atom. The first-order valence-electron chi connectivity index (χ1n) is 12.8. The van der Waals surface area contributed by atoms with E-state index in [2.05, 4.69) is 10.3 Å². The van der Waals surface area contributed by atoms with E-state index >= 15 is 0 Å². The molecule has 4 rings (SSSR count). The van der Waals surface area contributed by atoms with Crippen LogP contribution in [0.4, 0.5) is 0 Å². The quantitative estimate of drug-likeness (QED) is 0.389. The number of hydrogen-bond acceptors (Lipinski definition) is 4. The summed E-state index contributed by atoms with van der Waals surface area (Å²) >= 11 is 0. The maximum absolute atomic E-state index is 13.6. The van der Waals surface area contributed by atoms with Gasteiger partial charge < -0.3 is 20.3 Å². The fourth-order valence-corrected chi connectivity index (χ4v) is 5.71. The molecule has 2 amide bonds. The van der Waals surface area contributed by atoms with Crippen molar-refractivity contribution in [2.24, 2.45) is 5.92 Å². The number of Topliss-reactive ketones (excluding diaryl/α,β-unsaturated/α-hetero) is 1. The summed E-state index contributed by atoms with van der Waals surface area (Å²) in [5.74, 6) is -3.49. The Morgan fingerprint density at radius 3 is 2.34 bits per heavy atom. The van der Waals surface area contributed by atoms with Gasteiger partial charge in [0.05, 0.1) is 5.56 Å². The lowest BCUT2D eigenvalue weighted by atomic mass is 9.82. The molecule has 0 bridgehead atoms. The standard InChI is InChI=1S/C27H35N3O5/c1-17-12-13-20-21(15-28-22(20)14-17)25(33)27(35)30(16-23(31)32)24(18-8-4-2-5-9-18)26(34)29-19-10-6-3-7-11-19/h12-15,18-19,24,28H,2-11,16H2,1H3,(H,29,34)(H,31,32). The molecular formula is C27H35N3O5. The molecule has 2 saturated carbocycles. The van der Waals surface area contributed by atoms with Crippen molar-refractivity contribution in [1.29, 1.82) is 0 Å². The number of amides is 2. The van der Waals surface area contributed by atoms with E-state index in [1.165, 1.54) is 6.20 Å². The second-order valence-corrected chi connectivity index (χ2v) is 10.1. The van der Waals surface area contributed by atoms with Crippen LogP contribution >= 0.6 is 0 Å². The molecule has 1 heterocycles. The van der Waals surface area contributed by atoms with Gasteiger partial charge in [-0.1, -0.05) is 50.7 Å². The third-order valence-electron chi connectivity index (χ3n) is 7.49. The summed E-state index contributed by atoms with van der Waals surface area (Å²) in [5, 5.41) is 13.3. The van der Waals surface area contributed by atoms with Crippen molar-refractivity contribution < 1.29 is 24.3 Å². The summed E-state index contributed by atoms with van der Waals surface area (Å²) in [6.45, 7) is 1.24. The van der Waals surface area contributed by atoms with Gasteiger partial charge in [0.25, 0.3) is 11.7 Å². The lowest BCUT2D eigenvalue weighted by Gasteiger charge is -2.38. The number of carbonyl (C=O) groups is 4. The van der Waals surface area contributed by atoms with Gasteiger partial charge in [-0.25, -0.2) is 0 Å². The molecule has 2 aliphatic carbocycles. The number of H-pyrrole nitrogens is 1. The molecule has 1 aromatic heterocycles. The fourth-order valence-electron chi connectivity index (χ4n) is 5.71. The molecule has 2 aromatic rings. The summed E-state index contributed by atoms with van der Waals surface area (Å²) in [5.41, 5.74) is 1.93. The number of fused-ring (bicyclic) bond motifs is 1. The van der Waals surface area contributed by atoms with Crippen molar-refractivity contribution in [3.8, 4) is 0 Å². The monoisotopic (exact) mass is 481 g/mol. The molecular weight excluding hydrogens is 446 g/mol. The Balaban J connectivity index is 1.65. The first-order valence-corrected chi connectivity index (χ1v) is 12.8. The molecule has 0 saturated heterocycles. The van der Waals surface area contributed by atoms with E-state index in [1.807, 2.05) is 19.1 Å². The predicted octanol–water partition coefficient (Wildman–Crippen LogP) is 3.97. The van der Waals surface area contributed by atoms with Gasteiger partial charge in [0.15, 0.2) is 0 Å². The van der Waals surface area contributed by atoms with Gasteiger partial charge in [-0.3, -0.25) is 19.2 Å². The zero-order valence-electron chi connectivity index (χ0n) is 20.3. The molecule has 8 nitrogen and oxygen atoms in total. The first-order chi connectivity index (χ1) is 16.8. The number of nitrogens with zero attached hydrogens (tertiary/aromatic N) is 1. The van der Waals surface area contributed by atoms with Crippen LogP contribution in [0.5, 0.6) is 0 Å². The van der Waals surface area contributed by atoms with Crippen molar-refractivity contribution >= 4 is 34.5 Å². The van der Waals surface area contributed by atoms with E-state index in [0.29, 0.717) is 5.39 Å². The van der Waals surface area contributed by atoms with Crippen molar-refractivity contribution in [3.05, 3.63) is 35.5 Å². The molecule has 3 N–H and O–H groups in total. The summed E-state index contributed by atoms with van der Waals surface area (Å²) in [6.07, 6.45) is 10.8. The number of hydrogen-bond donors (Lipinski definition) is 3. The summed E-state index contributed by atoms with van der Waals surface area (Å²) in [7, 11) is 0. The third kappa shape index (κ3) is 5.74. The second kappa shape index (κ2) is 11.1. The topological polar surface area (TPSA) is 120 Å². The summed E-state index contributed by atoms with van der Waals surface area (Å²) < 4.78 is 0. The first kappa shape index (κ1) is 24.9. The molecule has 0 aliphatic heterocycles. The highest BCUT2D eigenvalue weighted by Crippen LogP contribution is 2.31. The highest BCUT2D eigenvalue weighted by Gasteiger charge is 2.41. The van der Waals surface area contributed by atoms with Crippen molar-refractivity contribution in [3.63, 3.8) is 0 Å². The molecule has 0 spiro atoms. The van der Waals surface area contributed by atoms with Gasteiger partial charge in [-0.15, -0.1) is 0 Å². The largest absolute Gasteiger partial charge is 0.480 e. The number of nitrogens with one attached hydrogen (secondary N) is 2. The number of carboxylic acid groups (broad SMARTS) is 1. The Labute approximate surface area is 205 Å². The van der Waals surface area contributed by atoms with E-state index in [0.717, 1.165) is 80.2 Å². The lowest BCUT2D eigenvalue weighted by Crippen LogP contribution is -2.58. The van der Waals surface area contributed by atoms with E-state index < -0.39 is 30.2 Å². The van der Waals surface area contributed by atoms with Crippen molar-refractivity contribution in [2.75, 3.05) is 6.54 Å². The number of ketones is 1. The maximum Gasteiger partial charge on any atom is 0.323 e. The average Bonchev–Trinajstić information content (AvgIpc) is 3.26. The van der Waals surface area contributed by atoms with Gasteiger partial charge >= 0.3 is 5.97 Å². The summed E-state index contributed by atoms with van der Waals surface area (Å²) in [6, 6.07) is 4.56. The highest BCUT2D eigenvalue weighted by atomic mass is 16.4. The van der Waals surface area contributed by atoms with Crippen molar-refractivity contribution in [1.82, 2.24) is 15.2 Å². The van der Waals surface area contributed by atoms with E-state index in [1.54, 1.807) is 6.07 Å². The van der Waals surface area contributed by atoms with Crippen LogP contribution in [0.15, 0.2) is 24.4 Å². The molecule has 1 aromatic carbocycles. The zero-order valence-corrected chi connectivity index (χ0v) is 20.3. The predicted molar refractivity (Wildman–Crippen MR) is 132 cm³/mol. The molecule has 35 heavy (non-hydrogen) atoms. The number of carboxylic acids is 1. The second-order valence-electron chi connectivity index (χ2n) is 10.1. The van der Waals surface area contributed by atoms with Crippen LogP contribution in [-0.2, 0) is 14.4 Å². The van der Waals surface area contributed by atoms with Crippen LogP contribution in [-0.4, -0.2) is 57.2 Å². The third-order valence-corrected chi connectivity index (χ3v) is 7.49. The minimum atomic E-state index is -1.24. The zero-order chi connectivity index (χ0) is 24.9. The number of benzene rings is 1. The molecule has 188 valence electrons. The number of carbonyl (C=O) groups excluding carboxylic acids is 3. The molecule has 8 heteroatoms. The number of aromatic nitrogens is 1. The average molecular weight is 482 g/mol. The van der Waals surface area contributed by atoms with Crippen molar-refractivity contribution in [2.45, 2.75) is 83.2 Å². The fraction of sp³-hybridized carbons (Fsp3) is 0.556. The van der Waals surface area contributed by atoms with E-state index in [9.17, 15) is 24.3 Å². The Kier molecular flexibility index (Phi) is 7.88. The minimum Gasteiger partial charge on any atom is -0.480 e. The molecule has 1 unspecified atom stereocenters. The van der Waals surface area contributed by atoms with Crippen LogP contribution < -0.4 is 5.32 Å².